The van der Waals surface area contributed by atoms with Crippen molar-refractivity contribution in [3.63, 3.8) is 0 Å². The highest BCUT2D eigenvalue weighted by molar-refractivity contribution is 5.80. The van der Waals surface area contributed by atoms with Gasteiger partial charge < -0.3 is 5.32 Å². The summed E-state index contributed by atoms with van der Waals surface area (Å²) in [5.41, 5.74) is 2.44. The Morgan fingerprint density at radius 3 is 2.73 bits per heavy atom. The van der Waals surface area contributed by atoms with Crippen LogP contribution in [0.4, 0.5) is 5.82 Å². The Bertz CT molecular complexity index is 463. The molecule has 0 aliphatic rings. The molecule has 15 heavy (non-hydrogen) atoms. The Hall–Kier alpha value is -1.57. The van der Waals surface area contributed by atoms with Crippen molar-refractivity contribution in [3.8, 4) is 0 Å². The number of aryl methyl sites for hydroxylation is 1. The normalized spacial score (nSPS) is 10.5. The maximum absolute atomic E-state index is 4.53. The summed E-state index contributed by atoms with van der Waals surface area (Å²) in [4.78, 5) is 4.53. The van der Waals surface area contributed by atoms with E-state index in [4.69, 9.17) is 0 Å². The molecule has 0 unspecified atom stereocenters. The van der Waals surface area contributed by atoms with E-state index < -0.39 is 0 Å². The molecule has 1 aromatic heterocycles. The fourth-order valence-corrected chi connectivity index (χ4v) is 1.75. The summed E-state index contributed by atoms with van der Waals surface area (Å²) in [6.07, 6.45) is 2.30. The van der Waals surface area contributed by atoms with E-state index in [1.807, 2.05) is 13.1 Å². The first-order chi connectivity index (χ1) is 7.33. The molecule has 0 fully saturated rings. The van der Waals surface area contributed by atoms with Crippen molar-refractivity contribution in [2.24, 2.45) is 0 Å². The number of benzene rings is 1. The summed E-state index contributed by atoms with van der Waals surface area (Å²) in [6.45, 7) is 2.20. The molecule has 2 nitrogen and oxygen atoms in total. The van der Waals surface area contributed by atoms with Crippen LogP contribution < -0.4 is 5.32 Å². The van der Waals surface area contributed by atoms with E-state index in [0.29, 0.717) is 0 Å². The predicted molar refractivity (Wildman–Crippen MR) is 65.3 cm³/mol. The molecule has 0 bridgehead atoms. The van der Waals surface area contributed by atoms with E-state index in [-0.39, 0.29) is 0 Å². The SMILES string of the molecule is CCCc1ccc2ccc(NC)nc2c1. The zero-order chi connectivity index (χ0) is 10.7. The van der Waals surface area contributed by atoms with E-state index in [0.717, 1.165) is 17.8 Å². The molecule has 0 radical (unpaired) electrons. The van der Waals surface area contributed by atoms with Crippen molar-refractivity contribution >= 4 is 16.7 Å². The second-order valence-corrected chi connectivity index (χ2v) is 3.72. The lowest BCUT2D eigenvalue weighted by molar-refractivity contribution is 0.923. The largest absolute Gasteiger partial charge is 0.373 e. The number of anilines is 1. The lowest BCUT2D eigenvalue weighted by Gasteiger charge is -2.04. The van der Waals surface area contributed by atoms with Crippen molar-refractivity contribution < 1.29 is 0 Å². The quantitative estimate of drug-likeness (QED) is 0.822. The maximum Gasteiger partial charge on any atom is 0.126 e. The van der Waals surface area contributed by atoms with Crippen molar-refractivity contribution in [2.45, 2.75) is 19.8 Å². The summed E-state index contributed by atoms with van der Waals surface area (Å²) in [5.74, 6) is 0.927. The average Bonchev–Trinajstić information content (AvgIpc) is 2.28. The van der Waals surface area contributed by atoms with Crippen LogP contribution in [0.3, 0.4) is 0 Å². The Balaban J connectivity index is 2.48. The van der Waals surface area contributed by atoms with Crippen LogP contribution >= 0.6 is 0 Å². The van der Waals surface area contributed by atoms with Gasteiger partial charge in [-0.05, 0) is 30.2 Å². The van der Waals surface area contributed by atoms with Crippen LogP contribution in [0.25, 0.3) is 10.9 Å². The van der Waals surface area contributed by atoms with E-state index >= 15 is 0 Å². The van der Waals surface area contributed by atoms with Crippen LogP contribution in [0.15, 0.2) is 30.3 Å². The standard InChI is InChI=1S/C13H16N2/c1-3-4-10-5-6-11-7-8-13(14-2)15-12(11)9-10/h5-9H,3-4H2,1-2H3,(H,14,15). The molecule has 1 aromatic carbocycles. The number of hydrogen-bond donors (Lipinski definition) is 1. The van der Waals surface area contributed by atoms with Crippen LogP contribution in [0, 0.1) is 0 Å². The third-order valence-corrected chi connectivity index (χ3v) is 2.55. The fourth-order valence-electron chi connectivity index (χ4n) is 1.75. The Morgan fingerprint density at radius 2 is 2.00 bits per heavy atom. The number of hydrogen-bond acceptors (Lipinski definition) is 2. The fraction of sp³-hybridized carbons (Fsp3) is 0.308. The lowest BCUT2D eigenvalue weighted by atomic mass is 10.1. The van der Waals surface area contributed by atoms with Gasteiger partial charge in [0.25, 0.3) is 0 Å². The average molecular weight is 200 g/mol. The molecule has 0 amide bonds. The zero-order valence-corrected chi connectivity index (χ0v) is 9.25. The highest BCUT2D eigenvalue weighted by Crippen LogP contribution is 2.17. The summed E-state index contributed by atoms with van der Waals surface area (Å²) >= 11 is 0. The van der Waals surface area contributed by atoms with Crippen molar-refractivity contribution in [3.05, 3.63) is 35.9 Å². The van der Waals surface area contributed by atoms with E-state index in [1.54, 1.807) is 0 Å². The molecule has 0 saturated carbocycles. The molecule has 0 spiro atoms. The maximum atomic E-state index is 4.53. The molecule has 78 valence electrons. The van der Waals surface area contributed by atoms with Crippen molar-refractivity contribution in [1.82, 2.24) is 4.98 Å². The molecule has 0 aliphatic carbocycles. The molecule has 2 aromatic rings. The zero-order valence-electron chi connectivity index (χ0n) is 9.25. The molecule has 0 saturated heterocycles. The second kappa shape index (κ2) is 4.30. The van der Waals surface area contributed by atoms with Crippen molar-refractivity contribution in [1.29, 1.82) is 0 Å². The first-order valence-corrected chi connectivity index (χ1v) is 5.41. The van der Waals surface area contributed by atoms with Crippen molar-refractivity contribution in [2.75, 3.05) is 12.4 Å². The molecule has 2 heteroatoms. The smallest absolute Gasteiger partial charge is 0.126 e. The van der Waals surface area contributed by atoms with E-state index in [2.05, 4.69) is 41.5 Å². The van der Waals surface area contributed by atoms with Crippen LogP contribution in [-0.4, -0.2) is 12.0 Å². The number of nitrogens with one attached hydrogen (secondary N) is 1. The van der Waals surface area contributed by atoms with Crippen LogP contribution in [0.5, 0.6) is 0 Å². The minimum Gasteiger partial charge on any atom is -0.373 e. The van der Waals surface area contributed by atoms with Crippen LogP contribution in [-0.2, 0) is 6.42 Å². The monoisotopic (exact) mass is 200 g/mol. The van der Waals surface area contributed by atoms with Gasteiger partial charge in [0.15, 0.2) is 0 Å². The molecule has 0 atom stereocenters. The molecular formula is C13H16N2. The number of rotatable bonds is 3. The summed E-state index contributed by atoms with van der Waals surface area (Å²) in [7, 11) is 1.89. The van der Waals surface area contributed by atoms with Gasteiger partial charge >= 0.3 is 0 Å². The third-order valence-electron chi connectivity index (χ3n) is 2.55. The Kier molecular flexibility index (Phi) is 2.86. The van der Waals surface area contributed by atoms with E-state index in [9.17, 15) is 0 Å². The van der Waals surface area contributed by atoms with Gasteiger partial charge in [0.2, 0.25) is 0 Å². The van der Waals surface area contributed by atoms with Gasteiger partial charge in [0, 0.05) is 12.4 Å². The number of nitrogens with zero attached hydrogens (tertiary/aromatic N) is 1. The number of aromatic nitrogens is 1. The van der Waals surface area contributed by atoms with Gasteiger partial charge in [-0.25, -0.2) is 4.98 Å². The second-order valence-electron chi connectivity index (χ2n) is 3.72. The molecule has 0 aliphatic heterocycles. The van der Waals surface area contributed by atoms with E-state index in [1.165, 1.54) is 17.4 Å². The highest BCUT2D eigenvalue weighted by atomic mass is 15.0. The van der Waals surface area contributed by atoms with Gasteiger partial charge in [0.05, 0.1) is 5.52 Å². The first kappa shape index (κ1) is 9.97. The summed E-state index contributed by atoms with van der Waals surface area (Å²) in [6, 6.07) is 10.6. The lowest BCUT2D eigenvalue weighted by Crippen LogP contribution is -1.92. The molecule has 1 N–H and O–H groups in total. The highest BCUT2D eigenvalue weighted by Gasteiger charge is 1.98. The molecular weight excluding hydrogens is 184 g/mol. The molecule has 1 heterocycles. The van der Waals surface area contributed by atoms with Gasteiger partial charge in [0.1, 0.15) is 5.82 Å². The minimum absolute atomic E-state index is 0.927. The summed E-state index contributed by atoms with van der Waals surface area (Å²) in [5, 5.41) is 4.26. The first-order valence-electron chi connectivity index (χ1n) is 5.41. The summed E-state index contributed by atoms with van der Waals surface area (Å²) < 4.78 is 0. The van der Waals surface area contributed by atoms with Gasteiger partial charge in [-0.3, -0.25) is 0 Å². The Labute approximate surface area is 90.3 Å². The third kappa shape index (κ3) is 2.09. The molecule has 2 rings (SSSR count). The van der Waals surface area contributed by atoms with Gasteiger partial charge in [-0.15, -0.1) is 0 Å². The predicted octanol–water partition coefficient (Wildman–Crippen LogP) is 3.23. The van der Waals surface area contributed by atoms with Gasteiger partial charge in [-0.2, -0.15) is 0 Å². The Morgan fingerprint density at radius 1 is 1.20 bits per heavy atom. The number of pyridine rings is 1. The van der Waals surface area contributed by atoms with Gasteiger partial charge in [-0.1, -0.05) is 25.5 Å². The van der Waals surface area contributed by atoms with Crippen LogP contribution in [0.1, 0.15) is 18.9 Å². The topological polar surface area (TPSA) is 24.9 Å². The number of fused-ring (bicyclic) bond motifs is 1. The van der Waals surface area contributed by atoms with Crippen LogP contribution in [0.2, 0.25) is 0 Å². The minimum atomic E-state index is 0.927.